The van der Waals surface area contributed by atoms with Gasteiger partial charge in [0.05, 0.1) is 19.0 Å². The van der Waals surface area contributed by atoms with E-state index in [1.54, 1.807) is 0 Å². The van der Waals surface area contributed by atoms with Crippen LogP contribution in [0.1, 0.15) is 6.42 Å². The molecule has 0 radical (unpaired) electrons. The number of nitrogens with zero attached hydrogens (tertiary/aromatic N) is 1. The van der Waals surface area contributed by atoms with Gasteiger partial charge in [0.15, 0.2) is 0 Å². The van der Waals surface area contributed by atoms with Crippen molar-refractivity contribution in [1.29, 1.82) is 0 Å². The molecule has 9 heteroatoms. The number of halogens is 3. The largest absolute Gasteiger partial charge is 0.379 e. The third kappa shape index (κ3) is 11.2. The van der Waals surface area contributed by atoms with Crippen LogP contribution in [0.2, 0.25) is 0 Å². The fourth-order valence-electron chi connectivity index (χ4n) is 1.30. The van der Waals surface area contributed by atoms with Crippen molar-refractivity contribution in [3.05, 3.63) is 0 Å². The topological polar surface area (TPSA) is 66.8 Å². The van der Waals surface area contributed by atoms with Gasteiger partial charge in [-0.2, -0.15) is 8.42 Å². The molecule has 0 unspecified atom stereocenters. The first kappa shape index (κ1) is 21.9. The van der Waals surface area contributed by atoms with Crippen LogP contribution in [0.4, 0.5) is 0 Å². The molecule has 0 aromatic rings. The fraction of sp³-hybridized carbons (Fsp3) is 1.00. The zero-order valence-corrected chi connectivity index (χ0v) is 12.0. The van der Waals surface area contributed by atoms with Crippen LogP contribution in [0.15, 0.2) is 0 Å². The Morgan fingerprint density at radius 1 is 1.12 bits per heavy atom. The van der Waals surface area contributed by atoms with E-state index in [1.165, 1.54) is 0 Å². The van der Waals surface area contributed by atoms with E-state index in [1.807, 2.05) is 0 Å². The molecule has 0 amide bonds. The lowest BCUT2D eigenvalue weighted by Crippen LogP contribution is -2.37. The molecule has 102 valence electrons. The van der Waals surface area contributed by atoms with Gasteiger partial charge in [-0.15, -0.1) is 37.2 Å². The smallest absolute Gasteiger partial charge is 0.264 e. The van der Waals surface area contributed by atoms with Gasteiger partial charge in [0.1, 0.15) is 0 Å². The summed E-state index contributed by atoms with van der Waals surface area (Å²) in [6.45, 7) is 3.85. The molecule has 1 N–H and O–H groups in total. The maximum absolute atomic E-state index is 10.4. The maximum atomic E-state index is 10.4. The molecule has 0 bridgehead atoms. The molecule has 1 aliphatic heterocycles. The van der Waals surface area contributed by atoms with Crippen molar-refractivity contribution in [3.8, 4) is 0 Å². The van der Waals surface area contributed by atoms with Gasteiger partial charge in [-0.25, -0.2) is 0 Å². The molecule has 1 rings (SSSR count). The number of morpholine rings is 1. The highest BCUT2D eigenvalue weighted by Gasteiger charge is 2.11. The lowest BCUT2D eigenvalue weighted by atomic mass is 10.4. The molecule has 5 nitrogen and oxygen atoms in total. The molecule has 0 saturated carbocycles. The molecular weight excluding hydrogens is 301 g/mol. The second kappa shape index (κ2) is 10.8. The number of ether oxygens (including phenoxy) is 1. The summed E-state index contributed by atoms with van der Waals surface area (Å²) in [6.07, 6.45) is 0.485. The summed E-state index contributed by atoms with van der Waals surface area (Å²) < 4.78 is 34.4. The Hall–Kier alpha value is 0.700. The summed E-state index contributed by atoms with van der Waals surface area (Å²) in [4.78, 5) is 2.13. The summed E-state index contributed by atoms with van der Waals surface area (Å²) in [5.74, 6) is -0.148. The summed E-state index contributed by atoms with van der Waals surface area (Å²) in [5.41, 5.74) is 0. The minimum absolute atomic E-state index is 0. The average Bonchev–Trinajstić information content (AvgIpc) is 2.04. The minimum atomic E-state index is -3.78. The van der Waals surface area contributed by atoms with Gasteiger partial charge in [-0.05, 0) is 13.0 Å². The zero-order valence-electron chi connectivity index (χ0n) is 8.70. The van der Waals surface area contributed by atoms with Crippen LogP contribution in [0.25, 0.3) is 0 Å². The Morgan fingerprint density at radius 3 is 2.06 bits per heavy atom. The Kier molecular flexibility index (Phi) is 14.8. The average molecular weight is 319 g/mol. The Morgan fingerprint density at radius 2 is 1.62 bits per heavy atom. The van der Waals surface area contributed by atoms with Crippen LogP contribution >= 0.6 is 37.2 Å². The van der Waals surface area contributed by atoms with E-state index in [0.717, 1.165) is 13.1 Å². The predicted octanol–water partition coefficient (Wildman–Crippen LogP) is 0.862. The van der Waals surface area contributed by atoms with Crippen molar-refractivity contribution in [3.63, 3.8) is 0 Å². The number of rotatable bonds is 4. The SMILES string of the molecule is Cl.Cl.Cl.O=S(=O)(O)CCCN1CCOCC1. The Balaban J connectivity index is -0.000000563. The highest BCUT2D eigenvalue weighted by Crippen LogP contribution is 1.99. The normalized spacial score (nSPS) is 16.6. The second-order valence-electron chi connectivity index (χ2n) is 3.09. The first-order valence-corrected chi connectivity index (χ1v) is 5.94. The lowest BCUT2D eigenvalue weighted by Gasteiger charge is -2.26. The summed E-state index contributed by atoms with van der Waals surface area (Å²) in [6, 6.07) is 0. The molecule has 0 spiro atoms. The molecule has 1 saturated heterocycles. The number of hydrogen-bond donors (Lipinski definition) is 1. The van der Waals surface area contributed by atoms with Crippen LogP contribution in [0, 0.1) is 0 Å². The molecule has 1 aliphatic rings. The van der Waals surface area contributed by atoms with Gasteiger partial charge in [-0.3, -0.25) is 9.45 Å². The molecule has 0 atom stereocenters. The predicted molar refractivity (Wildman–Crippen MR) is 70.0 cm³/mol. The van der Waals surface area contributed by atoms with Crippen LogP contribution in [0.3, 0.4) is 0 Å². The molecule has 1 fully saturated rings. The third-order valence-corrected chi connectivity index (χ3v) is 2.78. The van der Waals surface area contributed by atoms with Crippen molar-refractivity contribution < 1.29 is 17.7 Å². The van der Waals surface area contributed by atoms with Crippen LogP contribution in [-0.4, -0.2) is 56.5 Å². The third-order valence-electron chi connectivity index (χ3n) is 1.98. The highest BCUT2D eigenvalue weighted by atomic mass is 35.5. The second-order valence-corrected chi connectivity index (χ2v) is 4.67. The van der Waals surface area contributed by atoms with Crippen molar-refractivity contribution in [1.82, 2.24) is 4.90 Å². The molecule has 16 heavy (non-hydrogen) atoms. The zero-order chi connectivity index (χ0) is 9.73. The Labute approximate surface area is 115 Å². The van der Waals surface area contributed by atoms with Gasteiger partial charge in [0.25, 0.3) is 10.1 Å². The first-order chi connectivity index (χ1) is 6.08. The van der Waals surface area contributed by atoms with Crippen LogP contribution in [-0.2, 0) is 14.9 Å². The first-order valence-electron chi connectivity index (χ1n) is 4.33. The van der Waals surface area contributed by atoms with Crippen molar-refractivity contribution in [2.24, 2.45) is 0 Å². The molecule has 0 aliphatic carbocycles. The summed E-state index contributed by atoms with van der Waals surface area (Å²) in [7, 11) is -3.78. The van der Waals surface area contributed by atoms with Gasteiger partial charge < -0.3 is 4.74 Å². The summed E-state index contributed by atoms with van der Waals surface area (Å²) in [5, 5.41) is 0. The van der Waals surface area contributed by atoms with Crippen LogP contribution < -0.4 is 0 Å². The van der Waals surface area contributed by atoms with Gasteiger partial charge in [-0.1, -0.05) is 0 Å². The lowest BCUT2D eigenvalue weighted by molar-refractivity contribution is 0.0380. The van der Waals surface area contributed by atoms with Gasteiger partial charge in [0.2, 0.25) is 0 Å². The van der Waals surface area contributed by atoms with Crippen molar-refractivity contribution in [2.45, 2.75) is 6.42 Å². The van der Waals surface area contributed by atoms with E-state index in [0.29, 0.717) is 26.2 Å². The van der Waals surface area contributed by atoms with Crippen molar-refractivity contribution in [2.75, 3.05) is 38.6 Å². The van der Waals surface area contributed by atoms with Crippen molar-refractivity contribution >= 4 is 47.3 Å². The molecular formula is C7H18Cl3NO4S. The van der Waals surface area contributed by atoms with Crippen LogP contribution in [0.5, 0.6) is 0 Å². The van der Waals surface area contributed by atoms with E-state index in [-0.39, 0.29) is 43.0 Å². The fourth-order valence-corrected chi connectivity index (χ4v) is 1.79. The maximum Gasteiger partial charge on any atom is 0.264 e. The summed E-state index contributed by atoms with van der Waals surface area (Å²) >= 11 is 0. The molecule has 0 aromatic heterocycles. The standard InChI is InChI=1S/C7H15NO4S.3ClH/c9-13(10,11)7-1-2-8-3-5-12-6-4-8;;;/h1-7H2,(H,9,10,11);3*1H. The van der Waals surface area contributed by atoms with Gasteiger partial charge in [0, 0.05) is 13.1 Å². The molecule has 0 aromatic carbocycles. The Bertz CT molecular complexity index is 244. The number of hydrogen-bond acceptors (Lipinski definition) is 4. The van der Waals surface area contributed by atoms with E-state index in [9.17, 15) is 8.42 Å². The quantitative estimate of drug-likeness (QED) is 0.779. The van der Waals surface area contributed by atoms with E-state index < -0.39 is 10.1 Å². The molecule has 1 heterocycles. The van der Waals surface area contributed by atoms with E-state index in [2.05, 4.69) is 4.90 Å². The van der Waals surface area contributed by atoms with Gasteiger partial charge >= 0.3 is 0 Å². The monoisotopic (exact) mass is 317 g/mol. The van der Waals surface area contributed by atoms with E-state index >= 15 is 0 Å². The highest BCUT2D eigenvalue weighted by molar-refractivity contribution is 7.85. The minimum Gasteiger partial charge on any atom is -0.379 e. The van der Waals surface area contributed by atoms with E-state index in [4.69, 9.17) is 9.29 Å².